The van der Waals surface area contributed by atoms with E-state index in [-0.39, 0.29) is 0 Å². The molecule has 1 aromatic carbocycles. The molecule has 0 heterocycles. The van der Waals surface area contributed by atoms with Crippen molar-refractivity contribution in [2.45, 2.75) is 6.92 Å². The minimum absolute atomic E-state index is 0.469. The number of aryl methyl sites for hydroxylation is 1. The molecule has 0 saturated carbocycles. The minimum Gasteiger partial charge on any atom is -0.493 e. The summed E-state index contributed by atoms with van der Waals surface area (Å²) in [6, 6.07) is 3.88. The van der Waals surface area contributed by atoms with Crippen molar-refractivity contribution in [3.8, 4) is 11.5 Å². The smallest absolute Gasteiger partial charge is 0.162 e. The Morgan fingerprint density at radius 3 is 2.20 bits per heavy atom. The second-order valence-electron chi connectivity index (χ2n) is 3.37. The highest BCUT2D eigenvalue weighted by Crippen LogP contribution is 2.33. The lowest BCUT2D eigenvalue weighted by molar-refractivity contribution is 0.355. The van der Waals surface area contributed by atoms with Crippen LogP contribution in [0.5, 0.6) is 11.5 Å². The van der Waals surface area contributed by atoms with E-state index in [4.69, 9.17) is 15.2 Å². The van der Waals surface area contributed by atoms with Gasteiger partial charge in [-0.2, -0.15) is 0 Å². The molecule has 1 aromatic rings. The van der Waals surface area contributed by atoms with Gasteiger partial charge in [0.15, 0.2) is 11.5 Å². The largest absolute Gasteiger partial charge is 0.493 e. The highest BCUT2D eigenvalue weighted by Gasteiger charge is 2.10. The highest BCUT2D eigenvalue weighted by atomic mass is 16.5. The lowest BCUT2D eigenvalue weighted by Gasteiger charge is -2.21. The standard InChI is InChI=1S/C11H18N2O2/c1-8-5-10(14-3)11(15-4)6-9(8)13(2)7-12/h5-6H,7,12H2,1-4H3. The molecule has 15 heavy (non-hydrogen) atoms. The van der Waals surface area contributed by atoms with E-state index in [1.165, 1.54) is 0 Å². The van der Waals surface area contributed by atoms with Gasteiger partial charge in [0.1, 0.15) is 0 Å². The zero-order chi connectivity index (χ0) is 11.4. The summed E-state index contributed by atoms with van der Waals surface area (Å²) < 4.78 is 10.4. The Morgan fingerprint density at radius 1 is 1.20 bits per heavy atom. The first-order valence-corrected chi connectivity index (χ1v) is 4.77. The van der Waals surface area contributed by atoms with Gasteiger partial charge in [-0.3, -0.25) is 0 Å². The van der Waals surface area contributed by atoms with Crippen molar-refractivity contribution in [1.82, 2.24) is 0 Å². The van der Waals surface area contributed by atoms with Crippen LogP contribution >= 0.6 is 0 Å². The molecular weight excluding hydrogens is 192 g/mol. The average Bonchev–Trinajstić information content (AvgIpc) is 2.27. The van der Waals surface area contributed by atoms with Crippen molar-refractivity contribution in [2.75, 3.05) is 32.8 Å². The van der Waals surface area contributed by atoms with Crippen LogP contribution in [0.25, 0.3) is 0 Å². The highest BCUT2D eigenvalue weighted by molar-refractivity contribution is 5.61. The van der Waals surface area contributed by atoms with E-state index in [1.54, 1.807) is 14.2 Å². The fourth-order valence-electron chi connectivity index (χ4n) is 1.48. The van der Waals surface area contributed by atoms with Crippen molar-refractivity contribution >= 4 is 5.69 Å². The predicted molar refractivity (Wildman–Crippen MR) is 61.7 cm³/mol. The number of anilines is 1. The van der Waals surface area contributed by atoms with E-state index < -0.39 is 0 Å². The van der Waals surface area contributed by atoms with Crippen LogP contribution < -0.4 is 20.1 Å². The van der Waals surface area contributed by atoms with Crippen LogP contribution in [0.15, 0.2) is 12.1 Å². The topological polar surface area (TPSA) is 47.7 Å². The molecule has 0 aromatic heterocycles. The molecule has 0 fully saturated rings. The van der Waals surface area contributed by atoms with Crippen LogP contribution in [0.2, 0.25) is 0 Å². The van der Waals surface area contributed by atoms with Gasteiger partial charge in [-0.25, -0.2) is 0 Å². The SMILES string of the molecule is COc1cc(C)c(N(C)CN)cc1OC. The number of hydrogen-bond acceptors (Lipinski definition) is 4. The molecule has 0 bridgehead atoms. The summed E-state index contributed by atoms with van der Waals surface area (Å²) in [5, 5.41) is 0. The summed E-state index contributed by atoms with van der Waals surface area (Å²) in [6.07, 6.45) is 0. The average molecular weight is 210 g/mol. The molecule has 0 atom stereocenters. The summed E-state index contributed by atoms with van der Waals surface area (Å²) >= 11 is 0. The fourth-order valence-corrected chi connectivity index (χ4v) is 1.48. The van der Waals surface area contributed by atoms with Crippen molar-refractivity contribution in [3.05, 3.63) is 17.7 Å². The minimum atomic E-state index is 0.469. The van der Waals surface area contributed by atoms with Crippen LogP contribution in [0, 0.1) is 6.92 Å². The van der Waals surface area contributed by atoms with E-state index in [1.807, 2.05) is 31.0 Å². The van der Waals surface area contributed by atoms with Gasteiger partial charge < -0.3 is 20.1 Å². The Kier molecular flexibility index (Phi) is 3.80. The zero-order valence-corrected chi connectivity index (χ0v) is 9.70. The van der Waals surface area contributed by atoms with E-state index in [0.29, 0.717) is 6.67 Å². The van der Waals surface area contributed by atoms with Gasteiger partial charge in [0, 0.05) is 18.8 Å². The van der Waals surface area contributed by atoms with Crippen LogP contribution in [-0.4, -0.2) is 27.9 Å². The number of methoxy groups -OCH3 is 2. The van der Waals surface area contributed by atoms with E-state index in [0.717, 1.165) is 22.7 Å². The van der Waals surface area contributed by atoms with Gasteiger partial charge in [0.05, 0.1) is 20.9 Å². The molecule has 84 valence electrons. The third-order valence-electron chi connectivity index (χ3n) is 2.39. The second kappa shape index (κ2) is 4.89. The normalized spacial score (nSPS) is 9.93. The Balaban J connectivity index is 3.19. The van der Waals surface area contributed by atoms with Crippen LogP contribution in [0.1, 0.15) is 5.56 Å². The molecule has 1 rings (SSSR count). The summed E-state index contributed by atoms with van der Waals surface area (Å²) in [7, 11) is 5.19. The summed E-state index contributed by atoms with van der Waals surface area (Å²) in [5.74, 6) is 1.46. The second-order valence-corrected chi connectivity index (χ2v) is 3.37. The van der Waals surface area contributed by atoms with Crippen LogP contribution in [0.3, 0.4) is 0 Å². The predicted octanol–water partition coefficient (Wildman–Crippen LogP) is 1.36. The Morgan fingerprint density at radius 2 is 1.73 bits per heavy atom. The molecule has 0 aliphatic rings. The third-order valence-corrected chi connectivity index (χ3v) is 2.39. The number of benzene rings is 1. The maximum Gasteiger partial charge on any atom is 0.162 e. The summed E-state index contributed by atoms with van der Waals surface area (Å²) in [6.45, 7) is 2.49. The molecule has 0 unspecified atom stereocenters. The monoisotopic (exact) mass is 210 g/mol. The molecule has 4 nitrogen and oxygen atoms in total. The maximum absolute atomic E-state index is 5.59. The van der Waals surface area contributed by atoms with E-state index in [9.17, 15) is 0 Å². The zero-order valence-electron chi connectivity index (χ0n) is 9.70. The number of hydrogen-bond donors (Lipinski definition) is 1. The number of ether oxygens (including phenoxy) is 2. The van der Waals surface area contributed by atoms with Crippen molar-refractivity contribution in [3.63, 3.8) is 0 Å². The first kappa shape index (κ1) is 11.7. The Bertz CT molecular complexity index is 340. The molecule has 0 aliphatic carbocycles. The van der Waals surface area contributed by atoms with Crippen molar-refractivity contribution in [1.29, 1.82) is 0 Å². The molecule has 0 radical (unpaired) electrons. The quantitative estimate of drug-likeness (QED) is 0.762. The molecule has 0 spiro atoms. The van der Waals surface area contributed by atoms with Gasteiger partial charge in [-0.15, -0.1) is 0 Å². The fraction of sp³-hybridized carbons (Fsp3) is 0.455. The van der Waals surface area contributed by atoms with Crippen LogP contribution in [-0.2, 0) is 0 Å². The van der Waals surface area contributed by atoms with Gasteiger partial charge >= 0.3 is 0 Å². The number of nitrogens with two attached hydrogens (primary N) is 1. The lowest BCUT2D eigenvalue weighted by Crippen LogP contribution is -2.25. The van der Waals surface area contributed by atoms with E-state index >= 15 is 0 Å². The van der Waals surface area contributed by atoms with Gasteiger partial charge in [0.2, 0.25) is 0 Å². The van der Waals surface area contributed by atoms with E-state index in [2.05, 4.69) is 0 Å². The summed E-state index contributed by atoms with van der Waals surface area (Å²) in [5.41, 5.74) is 7.75. The molecular formula is C11H18N2O2. The van der Waals surface area contributed by atoms with Gasteiger partial charge in [0.25, 0.3) is 0 Å². The molecule has 4 heteroatoms. The first-order chi connectivity index (χ1) is 7.13. The maximum atomic E-state index is 5.59. The molecule has 0 saturated heterocycles. The number of nitrogens with zero attached hydrogens (tertiary/aromatic N) is 1. The molecule has 0 amide bonds. The van der Waals surface area contributed by atoms with Crippen molar-refractivity contribution in [2.24, 2.45) is 5.73 Å². The number of rotatable bonds is 4. The third kappa shape index (κ3) is 2.33. The molecule has 2 N–H and O–H groups in total. The van der Waals surface area contributed by atoms with Crippen molar-refractivity contribution < 1.29 is 9.47 Å². The Hall–Kier alpha value is -1.42. The summed E-state index contributed by atoms with van der Waals surface area (Å²) in [4.78, 5) is 1.96. The van der Waals surface area contributed by atoms with Crippen LogP contribution in [0.4, 0.5) is 5.69 Å². The van der Waals surface area contributed by atoms with Gasteiger partial charge in [-0.1, -0.05) is 0 Å². The van der Waals surface area contributed by atoms with Gasteiger partial charge in [-0.05, 0) is 18.6 Å². The lowest BCUT2D eigenvalue weighted by atomic mass is 10.1. The molecule has 0 aliphatic heterocycles. The first-order valence-electron chi connectivity index (χ1n) is 4.77. The Labute approximate surface area is 90.6 Å².